The summed E-state index contributed by atoms with van der Waals surface area (Å²) in [5.41, 5.74) is 4.89. The minimum atomic E-state index is -4.46. The Kier molecular flexibility index (Phi) is 17.0. The number of aryl methyl sites for hydroxylation is 2. The van der Waals surface area contributed by atoms with Gasteiger partial charge in [0.05, 0.1) is 29.4 Å². The van der Waals surface area contributed by atoms with Crippen LogP contribution in [0.1, 0.15) is 39.1 Å². The van der Waals surface area contributed by atoms with Gasteiger partial charge in [0.15, 0.2) is 9.37 Å². The van der Waals surface area contributed by atoms with Gasteiger partial charge >= 0.3 is 20.7 Å². The van der Waals surface area contributed by atoms with E-state index in [2.05, 4.69) is 88.5 Å². The molecule has 0 aliphatic heterocycles. The molecule has 3 heterocycles. The maximum absolute atomic E-state index is 11.8. The van der Waals surface area contributed by atoms with Crippen LogP contribution in [0.15, 0.2) is 71.6 Å². The first kappa shape index (κ1) is 45.6. The topological polar surface area (TPSA) is 270 Å². The molecule has 5 rings (SSSR count). The highest BCUT2D eigenvalue weighted by Crippen LogP contribution is 2.37. The molecular formula is C33H41N13O7S5. The highest BCUT2D eigenvalue weighted by Gasteiger charge is 2.20. The molecule has 25 heteroatoms. The SMILES string of the molecule is CCN(CC)c1ccc(N=Nc2nc(C)cs2)c(Nc2nc(Nc3cc(N(CC)CC)ccc3N=Nc3nc(C)c(S(=O)(=O)O)s3)nc(SCCO)n2)c1.O=S(=O)=O. The molecule has 0 bridgehead atoms. The van der Waals surface area contributed by atoms with Crippen LogP contribution in [0, 0.1) is 13.8 Å². The Labute approximate surface area is 348 Å². The summed E-state index contributed by atoms with van der Waals surface area (Å²) in [6.07, 6.45) is 0. The van der Waals surface area contributed by atoms with Gasteiger partial charge in [-0.3, -0.25) is 4.55 Å². The third-order valence-corrected chi connectivity index (χ3v) is 11.9. The fourth-order valence-corrected chi connectivity index (χ4v) is 8.01. The first-order valence-corrected chi connectivity index (χ1v) is 22.6. The first-order valence-electron chi connectivity index (χ1n) is 17.5. The van der Waals surface area contributed by atoms with Crippen molar-refractivity contribution in [2.24, 2.45) is 20.5 Å². The van der Waals surface area contributed by atoms with E-state index in [0.717, 1.165) is 43.2 Å². The van der Waals surface area contributed by atoms with Gasteiger partial charge in [-0.15, -0.1) is 44.4 Å². The maximum atomic E-state index is 11.8. The summed E-state index contributed by atoms with van der Waals surface area (Å²) in [6, 6.07) is 11.4. The molecule has 58 heavy (non-hydrogen) atoms. The fraction of sp³-hybridized carbons (Fsp3) is 0.364. The Morgan fingerprint density at radius 2 is 1.26 bits per heavy atom. The number of aliphatic hydroxyl groups excluding tert-OH is 1. The zero-order chi connectivity index (χ0) is 42.4. The van der Waals surface area contributed by atoms with Crippen molar-refractivity contribution in [1.29, 1.82) is 0 Å². The molecule has 0 saturated heterocycles. The van der Waals surface area contributed by atoms with Crippen molar-refractivity contribution in [3.63, 3.8) is 0 Å². The number of hydrogen-bond acceptors (Lipinski definition) is 22. The molecule has 0 aliphatic carbocycles. The predicted molar refractivity (Wildman–Crippen MR) is 226 cm³/mol. The lowest BCUT2D eigenvalue weighted by atomic mass is 10.2. The van der Waals surface area contributed by atoms with E-state index in [1.807, 2.05) is 42.6 Å². The van der Waals surface area contributed by atoms with Crippen molar-refractivity contribution >= 4 is 111 Å². The third kappa shape index (κ3) is 13.2. The van der Waals surface area contributed by atoms with Crippen LogP contribution < -0.4 is 20.4 Å². The number of rotatable bonds is 18. The minimum absolute atomic E-state index is 0.0538. The van der Waals surface area contributed by atoms with Crippen LogP contribution in [0.4, 0.5) is 56.3 Å². The molecule has 0 fully saturated rings. The summed E-state index contributed by atoms with van der Waals surface area (Å²) < 4.78 is 58.1. The first-order chi connectivity index (χ1) is 27.7. The number of thiazole rings is 2. The Morgan fingerprint density at radius 1 is 0.759 bits per heavy atom. The highest BCUT2D eigenvalue weighted by atomic mass is 32.3. The Bertz CT molecular complexity index is 2450. The second-order valence-electron chi connectivity index (χ2n) is 11.6. The number of azo groups is 2. The van der Waals surface area contributed by atoms with Gasteiger partial charge in [0, 0.05) is 48.7 Å². The molecule has 310 valence electrons. The van der Waals surface area contributed by atoms with Crippen molar-refractivity contribution in [2.45, 2.75) is 50.9 Å². The zero-order valence-corrected chi connectivity index (χ0v) is 36.3. The molecule has 0 unspecified atom stereocenters. The van der Waals surface area contributed by atoms with Crippen LogP contribution in [0.3, 0.4) is 0 Å². The van der Waals surface area contributed by atoms with Crippen molar-refractivity contribution < 1.29 is 30.7 Å². The number of thioether (sulfide) groups is 1. The number of aliphatic hydroxyl groups is 1. The molecule has 0 radical (unpaired) electrons. The number of benzene rings is 2. The molecule has 0 spiro atoms. The maximum Gasteiger partial charge on any atom is 0.425 e. The van der Waals surface area contributed by atoms with Crippen LogP contribution in [0.5, 0.6) is 0 Å². The lowest BCUT2D eigenvalue weighted by Crippen LogP contribution is -2.21. The predicted octanol–water partition coefficient (Wildman–Crippen LogP) is 7.74. The second-order valence-corrected chi connectivity index (χ2v) is 16.5. The number of nitrogens with one attached hydrogen (secondary N) is 2. The summed E-state index contributed by atoms with van der Waals surface area (Å²) in [5.74, 6) is 0.745. The van der Waals surface area contributed by atoms with E-state index in [9.17, 15) is 18.1 Å². The number of nitrogens with zero attached hydrogens (tertiary/aromatic N) is 11. The summed E-state index contributed by atoms with van der Waals surface area (Å²) in [4.78, 5) is 26.9. The lowest BCUT2D eigenvalue weighted by Gasteiger charge is -2.22. The molecule has 3 aromatic heterocycles. The average molecular weight is 892 g/mol. The van der Waals surface area contributed by atoms with E-state index in [0.29, 0.717) is 50.1 Å². The van der Waals surface area contributed by atoms with E-state index < -0.39 is 20.7 Å². The average Bonchev–Trinajstić information content (AvgIpc) is 3.78. The van der Waals surface area contributed by atoms with Crippen LogP contribution >= 0.6 is 34.4 Å². The molecule has 20 nitrogen and oxygen atoms in total. The molecular weight excluding hydrogens is 851 g/mol. The Morgan fingerprint density at radius 3 is 1.67 bits per heavy atom. The molecule has 0 saturated carbocycles. The van der Waals surface area contributed by atoms with Gasteiger partial charge in [0.2, 0.25) is 22.2 Å². The Balaban J connectivity index is 0.00000178. The molecule has 2 aromatic carbocycles. The van der Waals surface area contributed by atoms with Crippen molar-refractivity contribution in [3.8, 4) is 0 Å². The van der Waals surface area contributed by atoms with E-state index in [1.54, 1.807) is 6.07 Å². The number of hydrogen-bond donors (Lipinski definition) is 4. The smallest absolute Gasteiger partial charge is 0.396 e. The standard InChI is InChI=1S/C33H41N13O4S4.O3S/c1-7-45(8-2)22-11-13-24(41-43-32-34-20(5)19-52-32)26(17-22)36-29-38-30(40-31(39-29)51-16-15-47)37-27-18-23(46(9-3)10-4)12-14-25(27)42-44-33-35-21(6)28(53-33)54(48,49)50;1-4(2)3/h11-14,17-19,47H,7-10,15-16H2,1-6H3,(H,48,49,50)(H2,36,37,38,39,40);. The molecule has 4 N–H and O–H groups in total. The number of aromatic nitrogens is 5. The Hall–Kier alpha value is -5.05. The van der Waals surface area contributed by atoms with Gasteiger partial charge in [-0.05, 0) is 77.9 Å². The fourth-order valence-electron chi connectivity index (χ4n) is 5.14. The minimum Gasteiger partial charge on any atom is -0.396 e. The van der Waals surface area contributed by atoms with E-state index >= 15 is 0 Å². The van der Waals surface area contributed by atoms with Crippen LogP contribution in [0.25, 0.3) is 0 Å². The number of anilines is 6. The zero-order valence-electron chi connectivity index (χ0n) is 32.2. The molecule has 5 aromatic rings. The van der Waals surface area contributed by atoms with Gasteiger partial charge in [-0.2, -0.15) is 23.4 Å². The van der Waals surface area contributed by atoms with Crippen LogP contribution in [-0.2, 0) is 20.7 Å². The van der Waals surface area contributed by atoms with E-state index in [4.69, 9.17) is 17.6 Å². The van der Waals surface area contributed by atoms with Crippen molar-refractivity contribution in [2.75, 3.05) is 59.0 Å². The molecule has 0 aliphatic rings. The van der Waals surface area contributed by atoms with Gasteiger partial charge in [0.25, 0.3) is 0 Å². The summed E-state index contributed by atoms with van der Waals surface area (Å²) in [5, 5.41) is 36.5. The largest absolute Gasteiger partial charge is 0.425 e. The van der Waals surface area contributed by atoms with E-state index in [1.165, 1.54) is 30.0 Å². The van der Waals surface area contributed by atoms with Gasteiger partial charge in [-0.1, -0.05) is 23.1 Å². The highest BCUT2D eigenvalue weighted by molar-refractivity contribution is 7.99. The van der Waals surface area contributed by atoms with Crippen molar-refractivity contribution in [3.05, 3.63) is 53.2 Å². The summed E-state index contributed by atoms with van der Waals surface area (Å²) >= 11 is 3.36. The normalized spacial score (nSPS) is 11.4. The van der Waals surface area contributed by atoms with E-state index in [-0.39, 0.29) is 33.5 Å². The second kappa shape index (κ2) is 21.6. The van der Waals surface area contributed by atoms with Gasteiger partial charge in [-0.25, -0.2) is 9.97 Å². The molecule has 0 amide bonds. The summed E-state index contributed by atoms with van der Waals surface area (Å²) in [6.45, 7) is 14.7. The summed E-state index contributed by atoms with van der Waals surface area (Å²) in [7, 11) is -7.57. The van der Waals surface area contributed by atoms with Crippen LogP contribution in [-0.4, -0.2) is 94.2 Å². The van der Waals surface area contributed by atoms with Crippen molar-refractivity contribution in [1.82, 2.24) is 24.9 Å². The lowest BCUT2D eigenvalue weighted by molar-refractivity contribution is 0.322. The molecule has 0 atom stereocenters. The third-order valence-electron chi connectivity index (χ3n) is 7.72. The van der Waals surface area contributed by atoms with Gasteiger partial charge in [0.1, 0.15) is 11.4 Å². The quantitative estimate of drug-likeness (QED) is 0.0372. The van der Waals surface area contributed by atoms with Gasteiger partial charge < -0.3 is 25.5 Å². The monoisotopic (exact) mass is 891 g/mol. The van der Waals surface area contributed by atoms with Crippen LogP contribution in [0.2, 0.25) is 0 Å².